The molecule has 1 aliphatic rings. The molecule has 0 amide bonds. The summed E-state index contributed by atoms with van der Waals surface area (Å²) in [4.78, 5) is 0. The largest absolute Gasteiger partial charge is 0.340 e. The van der Waals surface area contributed by atoms with Crippen molar-refractivity contribution in [3.63, 3.8) is 0 Å². The van der Waals surface area contributed by atoms with Gasteiger partial charge in [-0.3, -0.25) is 0 Å². The van der Waals surface area contributed by atoms with Crippen LogP contribution in [0.5, 0.6) is 0 Å². The molecule has 100 heavy (non-hydrogen) atoms. The highest BCUT2D eigenvalue weighted by Crippen LogP contribution is 2.37. The summed E-state index contributed by atoms with van der Waals surface area (Å²) in [6, 6.07) is 55.3. The van der Waals surface area contributed by atoms with E-state index in [9.17, 15) is 0 Å². The third kappa shape index (κ3) is 16.8. The summed E-state index contributed by atoms with van der Waals surface area (Å²) in [6.07, 6.45) is 41.5. The fourth-order valence-electron chi connectivity index (χ4n) is 16.2. The minimum atomic E-state index is 0.991. The van der Waals surface area contributed by atoms with Gasteiger partial charge in [0.15, 0.2) is 0 Å². The smallest absolute Gasteiger partial charge is 0.0492 e. The third-order valence-corrected chi connectivity index (χ3v) is 21.8. The summed E-state index contributed by atoms with van der Waals surface area (Å²) < 4.78 is 10.3. The summed E-state index contributed by atoms with van der Waals surface area (Å²) in [7, 11) is 0. The molecule has 0 unspecified atom stereocenters. The summed E-state index contributed by atoms with van der Waals surface area (Å²) >= 11 is 0. The Balaban J connectivity index is 0.911. The molecule has 0 saturated heterocycles. The van der Waals surface area contributed by atoms with Crippen molar-refractivity contribution in [3.8, 4) is 47.4 Å². The Labute approximate surface area is 598 Å². The average molecular weight is 1320 g/mol. The van der Waals surface area contributed by atoms with Crippen LogP contribution in [0.3, 0.4) is 0 Å². The zero-order valence-corrected chi connectivity index (χ0v) is 61.1. The van der Waals surface area contributed by atoms with E-state index < -0.39 is 0 Å². The van der Waals surface area contributed by atoms with Crippen LogP contribution in [0.2, 0.25) is 0 Å². The Morgan fingerprint density at radius 2 is 0.300 bits per heavy atom. The van der Waals surface area contributed by atoms with Gasteiger partial charge in [0, 0.05) is 158 Å². The Hall–Kier alpha value is -8.80. The van der Waals surface area contributed by atoms with Crippen LogP contribution in [0.4, 0.5) is 0 Å². The molecule has 8 aromatic carbocycles. The molecular formula is C96H108N4. The summed E-state index contributed by atoms with van der Waals surface area (Å²) in [5.74, 6) is 29.5. The Morgan fingerprint density at radius 1 is 0.170 bits per heavy atom. The second kappa shape index (κ2) is 35.0. The van der Waals surface area contributed by atoms with Crippen molar-refractivity contribution in [1.29, 1.82) is 0 Å². The van der Waals surface area contributed by atoms with Crippen molar-refractivity contribution < 1.29 is 0 Å². The highest BCUT2D eigenvalue weighted by molar-refractivity contribution is 6.12. The minimum Gasteiger partial charge on any atom is -0.340 e. The predicted octanol–water partition coefficient (Wildman–Crippen LogP) is 26.6. The fourth-order valence-corrected chi connectivity index (χ4v) is 16.2. The molecule has 4 aromatic heterocycles. The van der Waals surface area contributed by atoms with E-state index in [-0.39, 0.29) is 0 Å². The van der Waals surface area contributed by atoms with E-state index in [0.717, 1.165) is 96.4 Å². The molecule has 0 aliphatic heterocycles. The molecular weight excluding hydrogens is 1210 g/mol. The summed E-state index contributed by atoms with van der Waals surface area (Å²) in [5.41, 5.74) is 18.3. The van der Waals surface area contributed by atoms with Crippen molar-refractivity contribution in [2.24, 2.45) is 0 Å². The molecule has 16 bridgehead atoms. The molecule has 4 nitrogen and oxygen atoms in total. The Bertz CT molecular complexity index is 4170. The number of hydrogen-bond donors (Lipinski definition) is 0. The molecule has 12 aromatic rings. The molecule has 4 heterocycles. The van der Waals surface area contributed by atoms with Gasteiger partial charge in [0.05, 0.1) is 0 Å². The monoisotopic (exact) mass is 1320 g/mol. The van der Waals surface area contributed by atoms with Crippen LogP contribution in [0.15, 0.2) is 146 Å². The van der Waals surface area contributed by atoms with Crippen LogP contribution in [0, 0.1) is 47.4 Å². The van der Waals surface area contributed by atoms with E-state index in [1.807, 2.05) is 0 Å². The average Bonchev–Trinajstić information content (AvgIpc) is 1.63. The van der Waals surface area contributed by atoms with E-state index in [2.05, 4.69) is 239 Å². The first-order valence-corrected chi connectivity index (χ1v) is 39.8. The maximum absolute atomic E-state index is 3.69. The summed E-state index contributed by atoms with van der Waals surface area (Å²) in [5, 5.41) is 9.90. The van der Waals surface area contributed by atoms with Crippen LogP contribution in [-0.2, 0) is 26.2 Å². The maximum atomic E-state index is 3.69. The lowest BCUT2D eigenvalue weighted by Gasteiger charge is -2.08. The van der Waals surface area contributed by atoms with E-state index in [1.54, 1.807) is 0 Å². The van der Waals surface area contributed by atoms with Crippen molar-refractivity contribution in [3.05, 3.63) is 190 Å². The van der Waals surface area contributed by atoms with Gasteiger partial charge < -0.3 is 18.3 Å². The quantitative estimate of drug-likeness (QED) is 0.0275. The maximum Gasteiger partial charge on any atom is 0.0492 e. The van der Waals surface area contributed by atoms with Gasteiger partial charge >= 0.3 is 0 Å². The number of unbranched alkanes of at least 4 members (excludes halogenated alkanes) is 28. The number of hydrogen-bond acceptors (Lipinski definition) is 0. The lowest BCUT2D eigenvalue weighted by atomic mass is 10.0. The Morgan fingerprint density at radius 3 is 0.440 bits per heavy atom. The topological polar surface area (TPSA) is 19.7 Å². The molecule has 0 saturated carbocycles. The third-order valence-electron chi connectivity index (χ3n) is 21.8. The second-order valence-electron chi connectivity index (χ2n) is 29.4. The summed E-state index contributed by atoms with van der Waals surface area (Å²) in [6.45, 7) is 13.2. The standard InChI is InChI=1S/C96H108N4/c1-5-9-13-17-21-25-29-33-61-97-89-53-45-73-37-39-75-47-55-91-83(67-75)85-69-77(49-57-93(85)98(91)62-34-30-26-22-18-14-10-6-2)41-43-79-51-59-95-87(71-79)88-72-80(52-60-96(88)100(95)64-36-32-28-24-20-16-12-8-4)44-42-78-50-58-94-86(70-78)84-68-76(40-38-74-46-54-90(97)82(66-74)81(89)65-73)48-56-92(84)99(94)63-35-31-27-23-19-15-11-7-3/h45-60,65-72H,5-36,61-64H2,1-4H3. The van der Waals surface area contributed by atoms with Crippen molar-refractivity contribution in [2.75, 3.05) is 0 Å². The predicted molar refractivity (Wildman–Crippen MR) is 432 cm³/mol. The first-order chi connectivity index (χ1) is 49.5. The van der Waals surface area contributed by atoms with Crippen LogP contribution >= 0.6 is 0 Å². The first-order valence-electron chi connectivity index (χ1n) is 39.8. The lowest BCUT2D eigenvalue weighted by Crippen LogP contribution is -1.98. The van der Waals surface area contributed by atoms with Gasteiger partial charge in [-0.1, -0.05) is 255 Å². The molecule has 0 atom stereocenters. The number of aromatic nitrogens is 4. The van der Waals surface area contributed by atoms with E-state index in [1.165, 1.54) is 267 Å². The van der Waals surface area contributed by atoms with Crippen LogP contribution in [0.25, 0.3) is 87.2 Å². The van der Waals surface area contributed by atoms with Crippen molar-refractivity contribution >= 4 is 87.2 Å². The zero-order valence-electron chi connectivity index (χ0n) is 61.1. The SMILES string of the molecule is CCCCCCCCCCn1c2ccc3cc2c2cc(ccc21)C#Cc1ccc2c(c1)c1cc(ccc1n2CCCCCCCCCC)C#Cc1ccc2c(c1)c1cc(ccc1n2CCCCCCCCCC)C#Cc1ccc2c(c1)c1cc(ccc1n2CCCCCCCCCC)C#C3. The van der Waals surface area contributed by atoms with Crippen LogP contribution in [-0.4, -0.2) is 18.3 Å². The van der Waals surface area contributed by atoms with Crippen LogP contribution in [0.1, 0.15) is 278 Å². The van der Waals surface area contributed by atoms with Gasteiger partial charge in [-0.2, -0.15) is 0 Å². The molecule has 0 radical (unpaired) electrons. The molecule has 4 heteroatoms. The number of rotatable bonds is 36. The highest BCUT2D eigenvalue weighted by Gasteiger charge is 2.18. The van der Waals surface area contributed by atoms with Crippen molar-refractivity contribution in [1.82, 2.24) is 18.3 Å². The van der Waals surface area contributed by atoms with Gasteiger partial charge in [0.2, 0.25) is 0 Å². The van der Waals surface area contributed by atoms with Gasteiger partial charge in [-0.05, 0) is 171 Å². The minimum absolute atomic E-state index is 0.991. The normalized spacial score (nSPS) is 12.0. The first kappa shape index (κ1) is 69.7. The second-order valence-corrected chi connectivity index (χ2v) is 29.4. The number of nitrogens with zero attached hydrogens (tertiary/aromatic N) is 4. The highest BCUT2D eigenvalue weighted by atomic mass is 15.0. The number of benzene rings is 8. The fraction of sp³-hybridized carbons (Fsp3) is 0.417. The molecule has 1 aliphatic carbocycles. The molecule has 13 rings (SSSR count). The molecule has 0 N–H and O–H groups in total. The molecule has 0 spiro atoms. The van der Waals surface area contributed by atoms with E-state index >= 15 is 0 Å². The lowest BCUT2D eigenvalue weighted by molar-refractivity contribution is 0.553. The van der Waals surface area contributed by atoms with Gasteiger partial charge in [0.25, 0.3) is 0 Å². The Kier molecular flexibility index (Phi) is 24.4. The van der Waals surface area contributed by atoms with Gasteiger partial charge in [-0.15, -0.1) is 0 Å². The zero-order chi connectivity index (χ0) is 68.2. The van der Waals surface area contributed by atoms with E-state index in [0.29, 0.717) is 0 Å². The molecule has 512 valence electrons. The molecule has 0 fully saturated rings. The number of aryl methyl sites for hydroxylation is 4. The van der Waals surface area contributed by atoms with Gasteiger partial charge in [-0.25, -0.2) is 0 Å². The van der Waals surface area contributed by atoms with Crippen molar-refractivity contribution in [2.45, 2.75) is 259 Å². The van der Waals surface area contributed by atoms with E-state index in [4.69, 9.17) is 0 Å². The number of fused-ring (bicyclic) bond motifs is 8. The van der Waals surface area contributed by atoms with Crippen LogP contribution < -0.4 is 0 Å². The van der Waals surface area contributed by atoms with Gasteiger partial charge in [0.1, 0.15) is 0 Å².